The number of hydrogen-bond acceptors (Lipinski definition) is 6. The first-order valence-corrected chi connectivity index (χ1v) is 13.0. The van der Waals surface area contributed by atoms with E-state index in [1.54, 1.807) is 6.07 Å². The van der Waals surface area contributed by atoms with E-state index in [0.717, 1.165) is 18.4 Å². The van der Waals surface area contributed by atoms with E-state index < -0.39 is 34.0 Å². The molecule has 0 saturated carbocycles. The number of carboxylic acid groups (broad SMARTS) is 1. The Hall–Kier alpha value is -2.86. The van der Waals surface area contributed by atoms with Gasteiger partial charge in [-0.1, -0.05) is 19.1 Å². The van der Waals surface area contributed by atoms with E-state index in [4.69, 9.17) is 11.5 Å². The number of para-hydroxylation sites is 1. The standard InChI is InChI=1S/C22H34N6O5S/c1-14-9-12-28(17(13-14)21(30)31)20(29)16(7-4-11-26-22(23)24)27-34(32,33)18-8-2-5-15-6-3-10-25-19(15)18/h2,5,8,14,16-17,25,27H,3-4,6-7,9-13H2,1H3,(H,30,31)(H4,23,24,26)/t14-,16+,17-/m1/s1. The quantitative estimate of drug-likeness (QED) is 0.186. The fourth-order valence-corrected chi connectivity index (χ4v) is 5.98. The maximum atomic E-state index is 13.5. The molecule has 0 spiro atoms. The van der Waals surface area contributed by atoms with Crippen LogP contribution in [0.15, 0.2) is 28.1 Å². The lowest BCUT2D eigenvalue weighted by Gasteiger charge is -2.38. The van der Waals surface area contributed by atoms with Crippen LogP contribution >= 0.6 is 0 Å². The van der Waals surface area contributed by atoms with Gasteiger partial charge in [0.1, 0.15) is 17.0 Å². The number of nitrogens with one attached hydrogen (secondary N) is 2. The number of carbonyl (C=O) groups excluding carboxylic acids is 1. The van der Waals surface area contributed by atoms with Gasteiger partial charge in [0, 0.05) is 19.6 Å². The molecule has 2 aliphatic rings. The number of amides is 1. The molecule has 1 fully saturated rings. The summed E-state index contributed by atoms with van der Waals surface area (Å²) in [6, 6.07) is 2.93. The van der Waals surface area contributed by atoms with E-state index in [0.29, 0.717) is 31.5 Å². The van der Waals surface area contributed by atoms with Gasteiger partial charge < -0.3 is 26.8 Å². The second kappa shape index (κ2) is 11.0. The van der Waals surface area contributed by atoms with Crippen LogP contribution in [-0.4, -0.2) is 68.0 Å². The van der Waals surface area contributed by atoms with Crippen LogP contribution in [0.5, 0.6) is 0 Å². The van der Waals surface area contributed by atoms with Crippen LogP contribution in [0.25, 0.3) is 0 Å². The van der Waals surface area contributed by atoms with E-state index in [9.17, 15) is 23.1 Å². The summed E-state index contributed by atoms with van der Waals surface area (Å²) in [7, 11) is -4.08. The predicted octanol–water partition coefficient (Wildman–Crippen LogP) is 0.457. The molecule has 1 aromatic carbocycles. The van der Waals surface area contributed by atoms with Gasteiger partial charge in [-0.3, -0.25) is 9.79 Å². The number of nitrogens with zero attached hydrogens (tertiary/aromatic N) is 2. The molecule has 3 atom stereocenters. The number of anilines is 1. The lowest BCUT2D eigenvalue weighted by molar-refractivity contribution is -0.153. The molecule has 0 aromatic heterocycles. The maximum Gasteiger partial charge on any atom is 0.326 e. The van der Waals surface area contributed by atoms with Crippen LogP contribution in [0.1, 0.15) is 44.6 Å². The van der Waals surface area contributed by atoms with Gasteiger partial charge in [0.05, 0.1) is 5.69 Å². The zero-order chi connectivity index (χ0) is 24.9. The first kappa shape index (κ1) is 25.8. The fourth-order valence-electron chi connectivity index (χ4n) is 4.53. The highest BCUT2D eigenvalue weighted by Crippen LogP contribution is 2.30. The van der Waals surface area contributed by atoms with Gasteiger partial charge in [0.2, 0.25) is 15.9 Å². The van der Waals surface area contributed by atoms with Crippen molar-refractivity contribution in [3.8, 4) is 0 Å². The summed E-state index contributed by atoms with van der Waals surface area (Å²) in [5.74, 6) is -1.58. The van der Waals surface area contributed by atoms with E-state index in [2.05, 4.69) is 15.0 Å². The molecule has 0 radical (unpaired) electrons. The summed E-state index contributed by atoms with van der Waals surface area (Å²) >= 11 is 0. The van der Waals surface area contributed by atoms with Crippen LogP contribution in [0.2, 0.25) is 0 Å². The number of sulfonamides is 1. The van der Waals surface area contributed by atoms with E-state index in [1.807, 2.05) is 13.0 Å². The number of fused-ring (bicyclic) bond motifs is 1. The summed E-state index contributed by atoms with van der Waals surface area (Å²) in [5.41, 5.74) is 12.2. The Labute approximate surface area is 200 Å². The van der Waals surface area contributed by atoms with Crippen molar-refractivity contribution < 1.29 is 23.1 Å². The van der Waals surface area contributed by atoms with Gasteiger partial charge in [-0.25, -0.2) is 13.2 Å². The minimum absolute atomic E-state index is 0.0776. The molecule has 11 nitrogen and oxygen atoms in total. The second-order valence-corrected chi connectivity index (χ2v) is 10.6. The van der Waals surface area contributed by atoms with Crippen LogP contribution in [0.3, 0.4) is 0 Å². The van der Waals surface area contributed by atoms with Crippen molar-refractivity contribution in [2.45, 2.75) is 62.4 Å². The number of benzene rings is 1. The molecule has 34 heavy (non-hydrogen) atoms. The Balaban J connectivity index is 1.87. The summed E-state index contributed by atoms with van der Waals surface area (Å²) < 4.78 is 29.4. The Kier molecular flexibility index (Phi) is 8.37. The van der Waals surface area contributed by atoms with Crippen molar-refractivity contribution in [3.05, 3.63) is 23.8 Å². The zero-order valence-electron chi connectivity index (χ0n) is 19.4. The molecule has 12 heteroatoms. The summed E-state index contributed by atoms with van der Waals surface area (Å²) in [6.07, 6.45) is 3.10. The number of likely N-dealkylation sites (tertiary alicyclic amines) is 1. The van der Waals surface area contributed by atoms with Gasteiger partial charge in [-0.2, -0.15) is 4.72 Å². The average Bonchev–Trinajstić information content (AvgIpc) is 2.79. The van der Waals surface area contributed by atoms with Gasteiger partial charge >= 0.3 is 5.97 Å². The summed E-state index contributed by atoms with van der Waals surface area (Å²) in [5, 5.41) is 12.8. The number of hydrogen-bond donors (Lipinski definition) is 5. The lowest BCUT2D eigenvalue weighted by atomic mass is 9.91. The predicted molar refractivity (Wildman–Crippen MR) is 129 cm³/mol. The highest BCUT2D eigenvalue weighted by Gasteiger charge is 2.39. The van der Waals surface area contributed by atoms with Crippen LogP contribution < -0.4 is 21.5 Å². The molecular formula is C22H34N6O5S. The van der Waals surface area contributed by atoms with Gasteiger partial charge in [-0.15, -0.1) is 0 Å². The molecule has 0 bridgehead atoms. The third-order valence-electron chi connectivity index (χ3n) is 6.30. The van der Waals surface area contributed by atoms with E-state index >= 15 is 0 Å². The van der Waals surface area contributed by atoms with Gasteiger partial charge in [0.25, 0.3) is 0 Å². The SMILES string of the molecule is C[C@@H]1CCN(C(=O)[C@H](CCCN=C(N)N)NS(=O)(=O)c2cccc3c2NCCC3)[C@@H](C(=O)O)C1. The third kappa shape index (κ3) is 6.17. The monoisotopic (exact) mass is 494 g/mol. The normalized spacial score (nSPS) is 21.1. The molecule has 2 heterocycles. The Bertz CT molecular complexity index is 1040. The lowest BCUT2D eigenvalue weighted by Crippen LogP contribution is -2.56. The highest BCUT2D eigenvalue weighted by atomic mass is 32.2. The van der Waals surface area contributed by atoms with E-state index in [1.165, 1.54) is 11.0 Å². The van der Waals surface area contributed by atoms with Crippen LogP contribution in [-0.2, 0) is 26.0 Å². The number of guanidine groups is 1. The smallest absolute Gasteiger partial charge is 0.326 e. The third-order valence-corrected chi connectivity index (χ3v) is 7.81. The molecule has 1 aromatic rings. The molecule has 1 saturated heterocycles. The fraction of sp³-hybridized carbons (Fsp3) is 0.591. The first-order valence-electron chi connectivity index (χ1n) is 11.6. The van der Waals surface area contributed by atoms with Gasteiger partial charge in [0.15, 0.2) is 5.96 Å². The van der Waals surface area contributed by atoms with Crippen LogP contribution in [0, 0.1) is 5.92 Å². The Morgan fingerprint density at radius 1 is 1.35 bits per heavy atom. The van der Waals surface area contributed by atoms with Crippen molar-refractivity contribution in [1.82, 2.24) is 9.62 Å². The Morgan fingerprint density at radius 3 is 2.82 bits per heavy atom. The maximum absolute atomic E-state index is 13.5. The molecule has 0 unspecified atom stereocenters. The van der Waals surface area contributed by atoms with Crippen molar-refractivity contribution in [3.63, 3.8) is 0 Å². The number of carbonyl (C=O) groups is 2. The summed E-state index contributed by atoms with van der Waals surface area (Å²) in [4.78, 5) is 30.6. The number of nitrogens with two attached hydrogens (primary N) is 2. The van der Waals surface area contributed by atoms with Crippen molar-refractivity contribution in [2.24, 2.45) is 22.4 Å². The molecule has 0 aliphatic carbocycles. The minimum Gasteiger partial charge on any atom is -0.480 e. The number of piperidine rings is 1. The molecule has 3 rings (SSSR count). The van der Waals surface area contributed by atoms with E-state index in [-0.39, 0.29) is 36.3 Å². The number of carboxylic acids is 1. The highest BCUT2D eigenvalue weighted by molar-refractivity contribution is 7.89. The molecule has 7 N–H and O–H groups in total. The first-order chi connectivity index (χ1) is 16.1. The van der Waals surface area contributed by atoms with Crippen molar-refractivity contribution >= 4 is 33.5 Å². The Morgan fingerprint density at radius 2 is 2.12 bits per heavy atom. The number of aliphatic carboxylic acids is 1. The number of aliphatic imine (C=N–C) groups is 1. The topological polar surface area (TPSA) is 180 Å². The van der Waals surface area contributed by atoms with Crippen LogP contribution in [0.4, 0.5) is 5.69 Å². The largest absolute Gasteiger partial charge is 0.480 e. The van der Waals surface area contributed by atoms with Gasteiger partial charge in [-0.05, 0) is 56.1 Å². The average molecular weight is 495 g/mol. The zero-order valence-corrected chi connectivity index (χ0v) is 20.2. The number of aryl methyl sites for hydroxylation is 1. The molecule has 1 amide bonds. The van der Waals surface area contributed by atoms with Crippen molar-refractivity contribution in [1.29, 1.82) is 0 Å². The van der Waals surface area contributed by atoms with Crippen molar-refractivity contribution in [2.75, 3.05) is 25.0 Å². The minimum atomic E-state index is -4.08. The molecule has 2 aliphatic heterocycles. The molecular weight excluding hydrogens is 460 g/mol. The summed E-state index contributed by atoms with van der Waals surface area (Å²) in [6.45, 7) is 3.08. The number of rotatable bonds is 9. The second-order valence-electron chi connectivity index (χ2n) is 8.96. The molecule has 188 valence electrons.